The lowest BCUT2D eigenvalue weighted by molar-refractivity contribution is -0.385. The predicted octanol–water partition coefficient (Wildman–Crippen LogP) is 3.17. The second-order valence-electron chi connectivity index (χ2n) is 6.14. The number of nitro benzene ring substituents is 1. The summed E-state index contributed by atoms with van der Waals surface area (Å²) in [5, 5.41) is 11.1. The largest absolute Gasteiger partial charge is 0.327 e. The summed E-state index contributed by atoms with van der Waals surface area (Å²) in [6.45, 7) is 6.95. The van der Waals surface area contributed by atoms with Crippen molar-refractivity contribution in [2.45, 2.75) is 58.2 Å². The molecule has 3 atom stereocenters. The fraction of sp³-hybridized carbons (Fsp3) is 0.625. The van der Waals surface area contributed by atoms with Crippen molar-refractivity contribution in [1.82, 2.24) is 4.90 Å². The highest BCUT2D eigenvalue weighted by Gasteiger charge is 2.30. The molecule has 1 aromatic rings. The van der Waals surface area contributed by atoms with Gasteiger partial charge in [0.15, 0.2) is 0 Å². The Morgan fingerprint density at radius 2 is 2.10 bits per heavy atom. The average molecular weight is 291 g/mol. The maximum atomic E-state index is 11.1. The molecule has 1 saturated heterocycles. The number of rotatable bonds is 4. The summed E-state index contributed by atoms with van der Waals surface area (Å²) < 4.78 is 0. The molecule has 1 aromatic carbocycles. The third-order valence-electron chi connectivity index (χ3n) is 4.61. The number of nitrogens with two attached hydrogens (primary N) is 1. The van der Waals surface area contributed by atoms with E-state index in [1.807, 2.05) is 19.1 Å². The van der Waals surface area contributed by atoms with E-state index >= 15 is 0 Å². The Balaban J connectivity index is 2.28. The Morgan fingerprint density at radius 1 is 1.38 bits per heavy atom. The molecule has 0 radical (unpaired) electrons. The first kappa shape index (κ1) is 15.9. The number of aryl methyl sites for hydroxylation is 1. The van der Waals surface area contributed by atoms with Gasteiger partial charge in [-0.3, -0.25) is 15.0 Å². The number of nitro groups is 1. The minimum Gasteiger partial charge on any atom is -0.327 e. The lowest BCUT2D eigenvalue weighted by Gasteiger charge is -2.42. The summed E-state index contributed by atoms with van der Waals surface area (Å²) in [6, 6.07) is 6.18. The molecule has 3 unspecified atom stereocenters. The molecular formula is C16H25N3O2. The Bertz CT molecular complexity index is 516. The number of hydrogen-bond donors (Lipinski definition) is 1. The third kappa shape index (κ3) is 3.41. The van der Waals surface area contributed by atoms with E-state index in [2.05, 4.69) is 11.8 Å². The maximum Gasteiger partial charge on any atom is 0.272 e. The molecule has 1 aliphatic rings. The van der Waals surface area contributed by atoms with E-state index in [0.717, 1.165) is 18.5 Å². The monoisotopic (exact) mass is 291 g/mol. The van der Waals surface area contributed by atoms with Crippen molar-refractivity contribution in [3.05, 3.63) is 39.4 Å². The van der Waals surface area contributed by atoms with Gasteiger partial charge in [0.2, 0.25) is 0 Å². The molecule has 0 spiro atoms. The molecule has 2 N–H and O–H groups in total. The van der Waals surface area contributed by atoms with Crippen LogP contribution in [0.3, 0.4) is 0 Å². The van der Waals surface area contributed by atoms with Gasteiger partial charge < -0.3 is 5.73 Å². The van der Waals surface area contributed by atoms with Crippen LogP contribution in [0.4, 0.5) is 5.69 Å². The zero-order valence-electron chi connectivity index (χ0n) is 13.1. The molecule has 0 amide bonds. The smallest absolute Gasteiger partial charge is 0.272 e. The third-order valence-corrected chi connectivity index (χ3v) is 4.61. The van der Waals surface area contributed by atoms with Gasteiger partial charge in [-0.05, 0) is 45.7 Å². The van der Waals surface area contributed by atoms with Crippen LogP contribution in [0.25, 0.3) is 0 Å². The summed E-state index contributed by atoms with van der Waals surface area (Å²) in [5.74, 6) is 0. The topological polar surface area (TPSA) is 72.4 Å². The van der Waals surface area contributed by atoms with E-state index < -0.39 is 0 Å². The quantitative estimate of drug-likeness (QED) is 0.683. The SMILES string of the molecule is Cc1ccc(C(C)N2CCCCC2C(C)N)cc1[N+](=O)[O-]. The molecule has 21 heavy (non-hydrogen) atoms. The average Bonchev–Trinajstić information content (AvgIpc) is 2.46. The summed E-state index contributed by atoms with van der Waals surface area (Å²) in [5.41, 5.74) is 8.03. The van der Waals surface area contributed by atoms with Crippen molar-refractivity contribution in [3.63, 3.8) is 0 Å². The van der Waals surface area contributed by atoms with Gasteiger partial charge in [0.25, 0.3) is 5.69 Å². The summed E-state index contributed by atoms with van der Waals surface area (Å²) in [4.78, 5) is 13.2. The highest BCUT2D eigenvalue weighted by Crippen LogP contribution is 2.31. The molecule has 116 valence electrons. The molecule has 1 heterocycles. The van der Waals surface area contributed by atoms with Gasteiger partial charge in [-0.1, -0.05) is 18.6 Å². The van der Waals surface area contributed by atoms with Crippen LogP contribution in [-0.2, 0) is 0 Å². The lowest BCUT2D eigenvalue weighted by atomic mass is 9.93. The number of hydrogen-bond acceptors (Lipinski definition) is 4. The first-order valence-electron chi connectivity index (χ1n) is 7.68. The number of benzene rings is 1. The zero-order valence-corrected chi connectivity index (χ0v) is 13.1. The molecule has 2 rings (SSSR count). The normalized spacial score (nSPS) is 22.8. The van der Waals surface area contributed by atoms with Gasteiger partial charge in [0.1, 0.15) is 0 Å². The molecule has 5 nitrogen and oxygen atoms in total. The van der Waals surface area contributed by atoms with E-state index in [0.29, 0.717) is 11.6 Å². The summed E-state index contributed by atoms with van der Waals surface area (Å²) >= 11 is 0. The van der Waals surface area contributed by atoms with Gasteiger partial charge >= 0.3 is 0 Å². The van der Waals surface area contributed by atoms with Crippen molar-refractivity contribution >= 4 is 5.69 Å². The molecule has 0 aliphatic carbocycles. The first-order valence-corrected chi connectivity index (χ1v) is 7.68. The summed E-state index contributed by atoms with van der Waals surface area (Å²) in [7, 11) is 0. The van der Waals surface area contributed by atoms with Gasteiger partial charge in [-0.15, -0.1) is 0 Å². The number of nitrogens with zero attached hydrogens (tertiary/aromatic N) is 2. The van der Waals surface area contributed by atoms with E-state index in [1.165, 1.54) is 12.8 Å². The van der Waals surface area contributed by atoms with Crippen LogP contribution in [0.15, 0.2) is 18.2 Å². The van der Waals surface area contributed by atoms with Crippen LogP contribution in [0, 0.1) is 17.0 Å². The summed E-state index contributed by atoms with van der Waals surface area (Å²) in [6.07, 6.45) is 3.49. The number of likely N-dealkylation sites (tertiary alicyclic amines) is 1. The van der Waals surface area contributed by atoms with Crippen LogP contribution in [-0.4, -0.2) is 28.5 Å². The molecule has 0 saturated carbocycles. The maximum absolute atomic E-state index is 11.1. The van der Waals surface area contributed by atoms with Gasteiger partial charge in [0.05, 0.1) is 4.92 Å². The Kier molecular flexibility index (Phi) is 4.96. The van der Waals surface area contributed by atoms with Gasteiger partial charge in [-0.2, -0.15) is 0 Å². The van der Waals surface area contributed by atoms with Crippen LogP contribution >= 0.6 is 0 Å². The molecule has 1 aliphatic heterocycles. The molecular weight excluding hydrogens is 266 g/mol. The minimum atomic E-state index is -0.301. The zero-order chi connectivity index (χ0) is 15.6. The van der Waals surface area contributed by atoms with E-state index in [1.54, 1.807) is 13.0 Å². The van der Waals surface area contributed by atoms with Crippen LogP contribution in [0.5, 0.6) is 0 Å². The Labute approximate surface area is 126 Å². The van der Waals surface area contributed by atoms with Crippen molar-refractivity contribution in [2.24, 2.45) is 5.73 Å². The van der Waals surface area contributed by atoms with E-state index in [4.69, 9.17) is 5.73 Å². The van der Waals surface area contributed by atoms with E-state index in [9.17, 15) is 10.1 Å². The highest BCUT2D eigenvalue weighted by atomic mass is 16.6. The molecule has 0 bridgehead atoms. The minimum absolute atomic E-state index is 0.119. The van der Waals surface area contributed by atoms with Crippen molar-refractivity contribution in [2.75, 3.05) is 6.54 Å². The van der Waals surface area contributed by atoms with E-state index in [-0.39, 0.29) is 22.7 Å². The highest BCUT2D eigenvalue weighted by molar-refractivity contribution is 5.43. The van der Waals surface area contributed by atoms with Crippen LogP contribution in [0.1, 0.15) is 50.3 Å². The van der Waals surface area contributed by atoms with Crippen molar-refractivity contribution < 1.29 is 4.92 Å². The predicted molar refractivity (Wildman–Crippen MR) is 84.2 cm³/mol. The van der Waals surface area contributed by atoms with Gasteiger partial charge in [-0.25, -0.2) is 0 Å². The van der Waals surface area contributed by atoms with Crippen molar-refractivity contribution in [3.8, 4) is 0 Å². The first-order chi connectivity index (χ1) is 9.91. The number of piperidine rings is 1. The van der Waals surface area contributed by atoms with Crippen molar-refractivity contribution in [1.29, 1.82) is 0 Å². The lowest BCUT2D eigenvalue weighted by Crippen LogP contribution is -2.49. The second kappa shape index (κ2) is 6.54. The fourth-order valence-corrected chi connectivity index (χ4v) is 3.30. The Hall–Kier alpha value is -1.46. The second-order valence-corrected chi connectivity index (χ2v) is 6.14. The molecule has 1 fully saturated rings. The van der Waals surface area contributed by atoms with Crippen LogP contribution < -0.4 is 5.73 Å². The molecule has 5 heteroatoms. The Morgan fingerprint density at radius 3 is 2.71 bits per heavy atom. The molecule has 0 aromatic heterocycles. The standard InChI is InChI=1S/C16H25N3O2/c1-11-7-8-14(10-16(11)19(20)21)13(3)18-9-5-4-6-15(18)12(2)17/h7-8,10,12-13,15H,4-6,9,17H2,1-3H3. The van der Waals surface area contributed by atoms with Crippen LogP contribution in [0.2, 0.25) is 0 Å². The van der Waals surface area contributed by atoms with Gasteiger partial charge in [0, 0.05) is 29.8 Å². The fourth-order valence-electron chi connectivity index (χ4n) is 3.30.